The first-order valence-corrected chi connectivity index (χ1v) is 17.5. The number of hydrogen-bond acceptors (Lipinski definition) is 4. The Labute approximate surface area is 266 Å². The van der Waals surface area contributed by atoms with Gasteiger partial charge in [0.05, 0.1) is 11.9 Å². The fourth-order valence-corrected chi connectivity index (χ4v) is 10.3. The Kier molecular flexibility index (Phi) is 10.7. The first-order valence-electron chi connectivity index (χ1n) is 15.5. The quantitative estimate of drug-likeness (QED) is 0.284. The molecule has 0 atom stereocenters. The van der Waals surface area contributed by atoms with Crippen molar-refractivity contribution < 1.29 is 12.4 Å². The Hall–Kier alpha value is -2.78. The minimum atomic E-state index is -1.78. The van der Waals surface area contributed by atoms with Crippen LogP contribution in [0.1, 0.15) is 59.5 Å². The summed E-state index contributed by atoms with van der Waals surface area (Å²) in [6.07, 6.45) is 2.34. The first-order chi connectivity index (χ1) is 20.1. The van der Waals surface area contributed by atoms with Crippen molar-refractivity contribution in [3.8, 4) is 0 Å². The average molecular weight is 615 g/mol. The molecular weight excluding hydrogens is 567 g/mol. The normalized spacial score (nSPS) is 14.8. The van der Waals surface area contributed by atoms with Crippen LogP contribution in [0.15, 0.2) is 97.1 Å². The monoisotopic (exact) mass is 614 g/mol. The van der Waals surface area contributed by atoms with Crippen molar-refractivity contribution in [2.45, 2.75) is 58.8 Å². The molecule has 1 aliphatic rings. The SMILES string of the molecule is CC(C)(C)c1cc(N2CCN(CCC[P+](c3ccccc3)(c3ccccc3)c3ccccc3)CC2)nc(C(C)(C)C)n1.[Cl-]. The van der Waals surface area contributed by atoms with Gasteiger partial charge in [-0.15, -0.1) is 0 Å². The molecule has 0 bridgehead atoms. The third-order valence-electron chi connectivity index (χ3n) is 8.41. The molecule has 0 aliphatic carbocycles. The second kappa shape index (κ2) is 13.9. The fourth-order valence-electron chi connectivity index (χ4n) is 5.93. The largest absolute Gasteiger partial charge is 1.00 e. The van der Waals surface area contributed by atoms with Crippen LogP contribution in [0.3, 0.4) is 0 Å². The molecule has 2 heterocycles. The van der Waals surface area contributed by atoms with Gasteiger partial charge in [-0.25, -0.2) is 9.97 Å². The molecule has 0 N–H and O–H groups in total. The van der Waals surface area contributed by atoms with E-state index < -0.39 is 7.26 Å². The van der Waals surface area contributed by atoms with Crippen LogP contribution in [0.5, 0.6) is 0 Å². The van der Waals surface area contributed by atoms with E-state index in [2.05, 4.69) is 148 Å². The highest BCUT2D eigenvalue weighted by Gasteiger charge is 2.44. The molecule has 0 amide bonds. The number of hydrogen-bond donors (Lipinski definition) is 0. The highest BCUT2D eigenvalue weighted by atomic mass is 35.5. The summed E-state index contributed by atoms with van der Waals surface area (Å²) in [6.45, 7) is 18.6. The second-order valence-electron chi connectivity index (χ2n) is 13.7. The minimum absolute atomic E-state index is 0. The summed E-state index contributed by atoms with van der Waals surface area (Å²) in [5, 5.41) is 4.42. The zero-order valence-corrected chi connectivity index (χ0v) is 28.5. The lowest BCUT2D eigenvalue weighted by atomic mass is 9.90. The molecule has 0 saturated carbocycles. The highest BCUT2D eigenvalue weighted by molar-refractivity contribution is 7.95. The van der Waals surface area contributed by atoms with Gasteiger partial charge in [0.1, 0.15) is 34.8 Å². The van der Waals surface area contributed by atoms with Gasteiger partial charge in [-0.1, -0.05) is 96.1 Å². The molecule has 1 fully saturated rings. The zero-order chi connectivity index (χ0) is 29.8. The van der Waals surface area contributed by atoms with Gasteiger partial charge < -0.3 is 17.3 Å². The predicted molar refractivity (Wildman–Crippen MR) is 183 cm³/mol. The van der Waals surface area contributed by atoms with Gasteiger partial charge in [-0.2, -0.15) is 0 Å². The van der Waals surface area contributed by atoms with Crippen LogP contribution in [0.25, 0.3) is 0 Å². The number of nitrogens with zero attached hydrogens (tertiary/aromatic N) is 4. The van der Waals surface area contributed by atoms with E-state index in [4.69, 9.17) is 9.97 Å². The molecule has 0 unspecified atom stereocenters. The number of aromatic nitrogens is 2. The molecule has 43 heavy (non-hydrogen) atoms. The molecule has 1 aromatic heterocycles. The molecule has 4 aromatic rings. The van der Waals surface area contributed by atoms with E-state index in [1.165, 1.54) is 28.5 Å². The molecular formula is C37H48ClN4P. The minimum Gasteiger partial charge on any atom is -1.00 e. The van der Waals surface area contributed by atoms with Crippen LogP contribution in [-0.4, -0.2) is 53.8 Å². The number of anilines is 1. The number of piperazine rings is 1. The van der Waals surface area contributed by atoms with Gasteiger partial charge in [0, 0.05) is 49.6 Å². The Balaban J connectivity index is 0.00000423. The number of halogens is 1. The van der Waals surface area contributed by atoms with Gasteiger partial charge >= 0.3 is 0 Å². The van der Waals surface area contributed by atoms with E-state index in [-0.39, 0.29) is 23.2 Å². The second-order valence-corrected chi connectivity index (χ2v) is 17.3. The lowest BCUT2D eigenvalue weighted by Crippen LogP contribution is -3.00. The summed E-state index contributed by atoms with van der Waals surface area (Å²) in [5.74, 6) is 2.03. The zero-order valence-electron chi connectivity index (χ0n) is 26.8. The van der Waals surface area contributed by atoms with Gasteiger partial charge in [0.25, 0.3) is 0 Å². The first kappa shape index (κ1) is 33.1. The summed E-state index contributed by atoms with van der Waals surface area (Å²) in [4.78, 5) is 15.2. The molecule has 0 radical (unpaired) electrons. The van der Waals surface area contributed by atoms with E-state index in [0.29, 0.717) is 0 Å². The van der Waals surface area contributed by atoms with Crippen LogP contribution >= 0.6 is 7.26 Å². The van der Waals surface area contributed by atoms with Crippen LogP contribution in [-0.2, 0) is 10.8 Å². The van der Waals surface area contributed by atoms with Crippen molar-refractivity contribution in [3.63, 3.8) is 0 Å². The van der Waals surface area contributed by atoms with E-state index in [0.717, 1.165) is 50.1 Å². The standard InChI is InChI=1S/C37H48N4P.ClH/c1-36(2,3)33-29-34(39-35(38-33)37(4,5)6)41-26-24-40(25-27-41)23-16-28-42(30-17-10-7-11-18-30,31-19-12-8-13-20-31)32-21-14-9-15-22-32;/h7-15,17-22,29H,16,23-28H2,1-6H3;1H/q+1;/p-1. The lowest BCUT2D eigenvalue weighted by molar-refractivity contribution is -0.00000935. The molecule has 3 aromatic carbocycles. The molecule has 4 nitrogen and oxygen atoms in total. The Morgan fingerprint density at radius 2 is 1.09 bits per heavy atom. The number of benzene rings is 3. The third-order valence-corrected chi connectivity index (χ3v) is 12.9. The van der Waals surface area contributed by atoms with E-state index in [1.807, 2.05) is 0 Å². The van der Waals surface area contributed by atoms with Crippen molar-refractivity contribution in [2.75, 3.05) is 43.8 Å². The summed E-state index contributed by atoms with van der Waals surface area (Å²) >= 11 is 0. The summed E-state index contributed by atoms with van der Waals surface area (Å²) in [6, 6.07) is 36.0. The van der Waals surface area contributed by atoms with Crippen molar-refractivity contribution >= 4 is 29.0 Å². The summed E-state index contributed by atoms with van der Waals surface area (Å²) in [7, 11) is -1.78. The van der Waals surface area contributed by atoms with E-state index in [1.54, 1.807) is 0 Å². The summed E-state index contributed by atoms with van der Waals surface area (Å²) in [5.41, 5.74) is 1.04. The van der Waals surface area contributed by atoms with Crippen LogP contribution in [0, 0.1) is 0 Å². The maximum atomic E-state index is 5.06. The Morgan fingerprint density at radius 3 is 1.51 bits per heavy atom. The maximum absolute atomic E-state index is 5.06. The fraction of sp³-hybridized carbons (Fsp3) is 0.405. The lowest BCUT2D eigenvalue weighted by Gasteiger charge is -2.37. The maximum Gasteiger partial charge on any atom is 0.136 e. The summed E-state index contributed by atoms with van der Waals surface area (Å²) < 4.78 is 0. The molecule has 228 valence electrons. The van der Waals surface area contributed by atoms with E-state index in [9.17, 15) is 0 Å². The molecule has 1 saturated heterocycles. The average Bonchev–Trinajstić information content (AvgIpc) is 3.00. The van der Waals surface area contributed by atoms with E-state index >= 15 is 0 Å². The van der Waals surface area contributed by atoms with Crippen LogP contribution in [0.2, 0.25) is 0 Å². The van der Waals surface area contributed by atoms with Gasteiger partial charge in [-0.05, 0) is 42.8 Å². The van der Waals surface area contributed by atoms with Crippen molar-refractivity contribution in [1.82, 2.24) is 14.9 Å². The van der Waals surface area contributed by atoms with Crippen molar-refractivity contribution in [2.24, 2.45) is 0 Å². The third kappa shape index (κ3) is 7.66. The molecule has 0 spiro atoms. The van der Waals surface area contributed by atoms with Crippen LogP contribution < -0.4 is 33.2 Å². The highest BCUT2D eigenvalue weighted by Crippen LogP contribution is 2.55. The Bertz CT molecular complexity index is 1300. The smallest absolute Gasteiger partial charge is 0.136 e. The molecule has 5 rings (SSSR count). The van der Waals surface area contributed by atoms with Crippen LogP contribution in [0.4, 0.5) is 5.82 Å². The Morgan fingerprint density at radius 1 is 0.628 bits per heavy atom. The predicted octanol–water partition coefficient (Wildman–Crippen LogP) is 3.58. The molecule has 1 aliphatic heterocycles. The van der Waals surface area contributed by atoms with Crippen molar-refractivity contribution in [3.05, 3.63) is 109 Å². The van der Waals surface area contributed by atoms with Gasteiger partial charge in [0.2, 0.25) is 0 Å². The molecule has 6 heteroatoms. The topological polar surface area (TPSA) is 32.3 Å². The van der Waals surface area contributed by atoms with Gasteiger partial charge in [0.15, 0.2) is 0 Å². The van der Waals surface area contributed by atoms with Gasteiger partial charge in [-0.3, -0.25) is 4.90 Å². The van der Waals surface area contributed by atoms with Crippen molar-refractivity contribution in [1.29, 1.82) is 0 Å². The number of rotatable bonds is 8.